The van der Waals surface area contributed by atoms with E-state index in [1.54, 1.807) is 6.92 Å². The number of hydrogen-bond donors (Lipinski definition) is 1. The summed E-state index contributed by atoms with van der Waals surface area (Å²) >= 11 is 1.95. The second kappa shape index (κ2) is 5.98. The van der Waals surface area contributed by atoms with E-state index >= 15 is 0 Å². The van der Waals surface area contributed by atoms with Gasteiger partial charge >= 0.3 is 0 Å². The molecule has 84 valence electrons. The van der Waals surface area contributed by atoms with E-state index < -0.39 is 9.84 Å². The Balaban J connectivity index is 2.14. The third-order valence-corrected chi connectivity index (χ3v) is 5.37. The Morgan fingerprint density at radius 2 is 2.29 bits per heavy atom. The van der Waals surface area contributed by atoms with Crippen LogP contribution >= 0.6 is 11.8 Å². The quantitative estimate of drug-likeness (QED) is 0.772. The lowest BCUT2D eigenvalue weighted by molar-refractivity contribution is 0.519. The number of hydrogen-bond acceptors (Lipinski definition) is 4. The summed E-state index contributed by atoms with van der Waals surface area (Å²) in [5.74, 6) is 2.93. The highest BCUT2D eigenvalue weighted by Gasteiger charge is 2.14. The highest BCUT2D eigenvalue weighted by atomic mass is 32.2. The van der Waals surface area contributed by atoms with Crippen LogP contribution in [0.3, 0.4) is 0 Å². The summed E-state index contributed by atoms with van der Waals surface area (Å²) in [4.78, 5) is 0. The molecule has 0 saturated carbocycles. The van der Waals surface area contributed by atoms with Crippen molar-refractivity contribution < 1.29 is 8.42 Å². The Kier molecular flexibility index (Phi) is 5.26. The van der Waals surface area contributed by atoms with Crippen molar-refractivity contribution in [1.82, 2.24) is 5.32 Å². The van der Waals surface area contributed by atoms with Crippen molar-refractivity contribution >= 4 is 21.6 Å². The molecule has 1 unspecified atom stereocenters. The van der Waals surface area contributed by atoms with E-state index in [0.717, 1.165) is 5.75 Å². The van der Waals surface area contributed by atoms with E-state index in [1.165, 1.54) is 18.6 Å². The highest BCUT2D eigenvalue weighted by molar-refractivity contribution is 7.99. The van der Waals surface area contributed by atoms with E-state index in [4.69, 9.17) is 0 Å². The maximum atomic E-state index is 11.2. The molecule has 1 aliphatic heterocycles. The molecule has 0 bridgehead atoms. The lowest BCUT2D eigenvalue weighted by Gasteiger charge is -2.22. The van der Waals surface area contributed by atoms with Crippen LogP contribution in [-0.2, 0) is 9.84 Å². The normalized spacial score (nSPS) is 23.6. The topological polar surface area (TPSA) is 46.2 Å². The molecule has 1 aliphatic rings. The predicted molar refractivity (Wildman–Crippen MR) is 62.7 cm³/mol. The molecule has 1 rings (SSSR count). The summed E-state index contributed by atoms with van der Waals surface area (Å²) in [6, 6.07) is 0.529. The fourth-order valence-corrected chi connectivity index (χ4v) is 3.29. The molecule has 14 heavy (non-hydrogen) atoms. The number of nitrogens with one attached hydrogen (secondary N) is 1. The molecule has 1 saturated heterocycles. The molecule has 3 nitrogen and oxygen atoms in total. The van der Waals surface area contributed by atoms with Crippen molar-refractivity contribution in [3.63, 3.8) is 0 Å². The Morgan fingerprint density at radius 1 is 1.50 bits per heavy atom. The molecular formula is C9H19NO2S2. The van der Waals surface area contributed by atoms with Crippen LogP contribution in [0.15, 0.2) is 0 Å². The van der Waals surface area contributed by atoms with Gasteiger partial charge in [0.15, 0.2) is 9.84 Å². The van der Waals surface area contributed by atoms with Gasteiger partial charge in [-0.2, -0.15) is 11.8 Å². The van der Waals surface area contributed by atoms with Crippen LogP contribution in [0, 0.1) is 0 Å². The van der Waals surface area contributed by atoms with E-state index in [2.05, 4.69) is 5.32 Å². The number of rotatable bonds is 5. The molecule has 0 aliphatic carbocycles. The molecule has 0 aromatic heterocycles. The first-order valence-electron chi connectivity index (χ1n) is 5.15. The fraction of sp³-hybridized carbons (Fsp3) is 1.00. The van der Waals surface area contributed by atoms with Gasteiger partial charge in [0.2, 0.25) is 0 Å². The monoisotopic (exact) mass is 237 g/mol. The van der Waals surface area contributed by atoms with E-state index in [0.29, 0.717) is 12.6 Å². The minimum atomic E-state index is -2.79. The standard InChI is InChI=1S/C9H19NO2S2/c1-2-14(11,12)7-5-10-9-4-3-6-13-8-9/h9-10H,2-8H2,1H3. The Labute approximate surface area is 91.0 Å². The molecule has 0 aromatic carbocycles. The molecule has 0 spiro atoms. The van der Waals surface area contributed by atoms with Crippen LogP contribution in [0.2, 0.25) is 0 Å². The molecule has 0 radical (unpaired) electrons. The Hall–Kier alpha value is 0.260. The Morgan fingerprint density at radius 3 is 2.86 bits per heavy atom. The third-order valence-electron chi connectivity index (χ3n) is 2.45. The summed E-state index contributed by atoms with van der Waals surface area (Å²) in [5, 5.41) is 3.31. The first-order valence-corrected chi connectivity index (χ1v) is 8.13. The average molecular weight is 237 g/mol. The molecule has 1 atom stereocenters. The van der Waals surface area contributed by atoms with Crippen LogP contribution < -0.4 is 5.32 Å². The molecular weight excluding hydrogens is 218 g/mol. The first-order chi connectivity index (χ1) is 6.64. The molecule has 0 amide bonds. The van der Waals surface area contributed by atoms with Gasteiger partial charge in [0.25, 0.3) is 0 Å². The molecule has 5 heteroatoms. The average Bonchev–Trinajstić information content (AvgIpc) is 2.19. The maximum absolute atomic E-state index is 11.2. The molecule has 1 N–H and O–H groups in total. The van der Waals surface area contributed by atoms with Crippen molar-refractivity contribution in [1.29, 1.82) is 0 Å². The van der Waals surface area contributed by atoms with Gasteiger partial charge < -0.3 is 5.32 Å². The van der Waals surface area contributed by atoms with E-state index in [1.807, 2.05) is 11.8 Å². The SMILES string of the molecule is CCS(=O)(=O)CCNC1CCCSC1. The summed E-state index contributed by atoms with van der Waals surface area (Å²) in [6.07, 6.45) is 2.45. The summed E-state index contributed by atoms with van der Waals surface area (Å²) in [6.45, 7) is 2.31. The van der Waals surface area contributed by atoms with Gasteiger partial charge in [0.1, 0.15) is 0 Å². The van der Waals surface area contributed by atoms with Crippen molar-refractivity contribution in [2.24, 2.45) is 0 Å². The van der Waals surface area contributed by atoms with Crippen LogP contribution in [0.4, 0.5) is 0 Å². The van der Waals surface area contributed by atoms with Gasteiger partial charge in [-0.1, -0.05) is 6.92 Å². The third kappa shape index (κ3) is 4.66. The highest BCUT2D eigenvalue weighted by Crippen LogP contribution is 2.16. The summed E-state index contributed by atoms with van der Waals surface area (Å²) in [5.41, 5.74) is 0. The van der Waals surface area contributed by atoms with Crippen molar-refractivity contribution in [3.05, 3.63) is 0 Å². The van der Waals surface area contributed by atoms with Crippen LogP contribution in [0.1, 0.15) is 19.8 Å². The lowest BCUT2D eigenvalue weighted by Crippen LogP contribution is -2.36. The predicted octanol–water partition coefficient (Wildman–Crippen LogP) is 0.906. The van der Waals surface area contributed by atoms with Crippen molar-refractivity contribution in [2.45, 2.75) is 25.8 Å². The minimum Gasteiger partial charge on any atom is -0.312 e. The number of thioether (sulfide) groups is 1. The van der Waals surface area contributed by atoms with Gasteiger partial charge in [0.05, 0.1) is 5.75 Å². The zero-order valence-corrected chi connectivity index (χ0v) is 10.3. The summed E-state index contributed by atoms with van der Waals surface area (Å²) in [7, 11) is -2.79. The largest absolute Gasteiger partial charge is 0.312 e. The first kappa shape index (κ1) is 12.3. The number of sulfone groups is 1. The van der Waals surface area contributed by atoms with Gasteiger partial charge in [0, 0.05) is 24.1 Å². The van der Waals surface area contributed by atoms with Crippen LogP contribution in [0.5, 0.6) is 0 Å². The zero-order chi connectivity index (χ0) is 10.4. The molecule has 0 aromatic rings. The zero-order valence-electron chi connectivity index (χ0n) is 8.66. The second-order valence-electron chi connectivity index (χ2n) is 3.60. The van der Waals surface area contributed by atoms with Crippen LogP contribution in [0.25, 0.3) is 0 Å². The van der Waals surface area contributed by atoms with Gasteiger partial charge in [-0.3, -0.25) is 0 Å². The van der Waals surface area contributed by atoms with Crippen molar-refractivity contribution in [2.75, 3.05) is 29.6 Å². The Bertz CT molecular complexity index is 246. The van der Waals surface area contributed by atoms with Gasteiger partial charge in [-0.25, -0.2) is 8.42 Å². The summed E-state index contributed by atoms with van der Waals surface area (Å²) < 4.78 is 22.4. The molecule has 1 fully saturated rings. The van der Waals surface area contributed by atoms with Gasteiger partial charge in [-0.05, 0) is 18.6 Å². The lowest BCUT2D eigenvalue weighted by atomic mass is 10.2. The second-order valence-corrected chi connectivity index (χ2v) is 7.23. The smallest absolute Gasteiger partial charge is 0.151 e. The van der Waals surface area contributed by atoms with E-state index in [9.17, 15) is 8.42 Å². The van der Waals surface area contributed by atoms with Crippen LogP contribution in [-0.4, -0.2) is 44.0 Å². The molecule has 1 heterocycles. The van der Waals surface area contributed by atoms with E-state index in [-0.39, 0.29) is 11.5 Å². The minimum absolute atomic E-state index is 0.258. The van der Waals surface area contributed by atoms with Gasteiger partial charge in [-0.15, -0.1) is 0 Å². The van der Waals surface area contributed by atoms with Crippen molar-refractivity contribution in [3.8, 4) is 0 Å². The maximum Gasteiger partial charge on any atom is 0.151 e. The fourth-order valence-electron chi connectivity index (χ4n) is 1.46.